The zero-order valence-electron chi connectivity index (χ0n) is 13.9. The molecule has 0 aliphatic heterocycles. The Morgan fingerprint density at radius 2 is 1.90 bits per heavy atom. The number of anilines is 2. The molecule has 1 heterocycles. The zero-order chi connectivity index (χ0) is 15.2. The van der Waals surface area contributed by atoms with Gasteiger partial charge in [-0.1, -0.05) is 40.0 Å². The Morgan fingerprint density at radius 1 is 1.19 bits per heavy atom. The summed E-state index contributed by atoms with van der Waals surface area (Å²) in [6, 6.07) is 0.550. The van der Waals surface area contributed by atoms with E-state index in [-0.39, 0.29) is 0 Å². The largest absolute Gasteiger partial charge is 0.373 e. The lowest BCUT2D eigenvalue weighted by Crippen LogP contribution is -2.36. The number of nitrogens with one attached hydrogen (secondary N) is 2. The number of hydrogen-bond donors (Lipinski definition) is 2. The molecule has 1 saturated carbocycles. The molecule has 1 aromatic heterocycles. The monoisotopic (exact) mass is 290 g/mol. The summed E-state index contributed by atoms with van der Waals surface area (Å²) in [6.07, 6.45) is 9.08. The van der Waals surface area contributed by atoms with Gasteiger partial charge in [-0.05, 0) is 31.1 Å². The smallest absolute Gasteiger partial charge is 0.134 e. The molecular formula is C17H30N4. The van der Waals surface area contributed by atoms with Crippen LogP contribution in [0.15, 0.2) is 6.33 Å². The number of hydrogen-bond acceptors (Lipinski definition) is 4. The van der Waals surface area contributed by atoms with E-state index in [9.17, 15) is 0 Å². The third kappa shape index (κ3) is 3.86. The van der Waals surface area contributed by atoms with Gasteiger partial charge in [0.05, 0.1) is 0 Å². The molecule has 4 nitrogen and oxygen atoms in total. The van der Waals surface area contributed by atoms with E-state index in [2.05, 4.69) is 41.4 Å². The van der Waals surface area contributed by atoms with E-state index < -0.39 is 0 Å². The molecule has 2 rings (SSSR count). The molecule has 0 aromatic carbocycles. The molecule has 0 amide bonds. The van der Waals surface area contributed by atoms with Gasteiger partial charge in [0.15, 0.2) is 0 Å². The van der Waals surface area contributed by atoms with Gasteiger partial charge < -0.3 is 10.6 Å². The molecule has 118 valence electrons. The third-order valence-electron chi connectivity index (χ3n) is 4.68. The van der Waals surface area contributed by atoms with Crippen LogP contribution in [0.25, 0.3) is 0 Å². The predicted octanol–water partition coefficient (Wildman–Crippen LogP) is 4.10. The lowest BCUT2D eigenvalue weighted by Gasteiger charge is -2.35. The average molecular weight is 290 g/mol. The Hall–Kier alpha value is -1.32. The molecule has 1 aliphatic carbocycles. The molecule has 4 heteroatoms. The van der Waals surface area contributed by atoms with Crippen LogP contribution in [0.2, 0.25) is 0 Å². The molecule has 2 atom stereocenters. The second-order valence-corrected chi connectivity index (χ2v) is 6.49. The van der Waals surface area contributed by atoms with Crippen molar-refractivity contribution >= 4 is 11.6 Å². The minimum Gasteiger partial charge on any atom is -0.373 e. The SMILES string of the molecule is CCCc1c(NC)ncnc1NC1CCCCC1C(C)C. The minimum atomic E-state index is 0.550. The highest BCUT2D eigenvalue weighted by molar-refractivity contribution is 5.57. The molecule has 1 aromatic rings. The van der Waals surface area contributed by atoms with Crippen LogP contribution in [0.4, 0.5) is 11.6 Å². The van der Waals surface area contributed by atoms with Crippen molar-refractivity contribution in [3.8, 4) is 0 Å². The van der Waals surface area contributed by atoms with E-state index >= 15 is 0 Å². The maximum absolute atomic E-state index is 4.53. The van der Waals surface area contributed by atoms with Crippen LogP contribution in [0.3, 0.4) is 0 Å². The number of nitrogens with zero attached hydrogens (tertiary/aromatic N) is 2. The van der Waals surface area contributed by atoms with Gasteiger partial charge in [0, 0.05) is 18.7 Å². The van der Waals surface area contributed by atoms with Crippen molar-refractivity contribution in [3.63, 3.8) is 0 Å². The molecule has 0 spiro atoms. The van der Waals surface area contributed by atoms with Crippen LogP contribution in [-0.4, -0.2) is 23.1 Å². The lowest BCUT2D eigenvalue weighted by molar-refractivity contribution is 0.253. The first kappa shape index (κ1) is 16.1. The van der Waals surface area contributed by atoms with Gasteiger partial charge >= 0.3 is 0 Å². The van der Waals surface area contributed by atoms with Crippen molar-refractivity contribution in [3.05, 3.63) is 11.9 Å². The first-order valence-corrected chi connectivity index (χ1v) is 8.45. The number of aromatic nitrogens is 2. The first-order valence-electron chi connectivity index (χ1n) is 8.45. The fraction of sp³-hybridized carbons (Fsp3) is 0.765. The van der Waals surface area contributed by atoms with E-state index in [1.807, 2.05) is 7.05 Å². The summed E-state index contributed by atoms with van der Waals surface area (Å²) < 4.78 is 0. The third-order valence-corrected chi connectivity index (χ3v) is 4.68. The molecule has 0 bridgehead atoms. The van der Waals surface area contributed by atoms with Crippen LogP contribution < -0.4 is 10.6 Å². The Balaban J connectivity index is 2.21. The Morgan fingerprint density at radius 3 is 2.57 bits per heavy atom. The Labute approximate surface area is 129 Å². The fourth-order valence-electron chi connectivity index (χ4n) is 3.55. The van der Waals surface area contributed by atoms with Crippen molar-refractivity contribution in [1.82, 2.24) is 9.97 Å². The van der Waals surface area contributed by atoms with E-state index in [4.69, 9.17) is 0 Å². The molecule has 0 radical (unpaired) electrons. The summed E-state index contributed by atoms with van der Waals surface area (Å²) in [6.45, 7) is 6.89. The first-order chi connectivity index (χ1) is 10.2. The standard InChI is InChI=1S/C17H30N4/c1-5-8-14-16(18-4)19-11-20-17(14)21-15-10-7-6-9-13(15)12(2)3/h11-13,15H,5-10H2,1-4H3,(H2,18,19,20,21). The molecule has 2 N–H and O–H groups in total. The Bertz CT molecular complexity index is 444. The maximum atomic E-state index is 4.53. The highest BCUT2D eigenvalue weighted by Gasteiger charge is 2.28. The van der Waals surface area contributed by atoms with E-state index in [1.54, 1.807) is 6.33 Å². The van der Waals surface area contributed by atoms with Gasteiger partial charge in [-0.15, -0.1) is 0 Å². The van der Waals surface area contributed by atoms with Gasteiger partial charge in [0.2, 0.25) is 0 Å². The lowest BCUT2D eigenvalue weighted by atomic mass is 9.78. The van der Waals surface area contributed by atoms with E-state index in [1.165, 1.54) is 31.2 Å². The minimum absolute atomic E-state index is 0.550. The molecule has 0 saturated heterocycles. The predicted molar refractivity (Wildman–Crippen MR) is 89.8 cm³/mol. The van der Waals surface area contributed by atoms with Gasteiger partial charge in [-0.2, -0.15) is 0 Å². The quantitative estimate of drug-likeness (QED) is 0.828. The van der Waals surface area contributed by atoms with Crippen LogP contribution >= 0.6 is 0 Å². The van der Waals surface area contributed by atoms with Crippen molar-refractivity contribution in [2.45, 2.75) is 65.3 Å². The molecule has 21 heavy (non-hydrogen) atoms. The summed E-state index contributed by atoms with van der Waals surface area (Å²) in [5.74, 6) is 3.48. The molecule has 1 aliphatic rings. The van der Waals surface area contributed by atoms with E-state index in [0.29, 0.717) is 6.04 Å². The summed E-state index contributed by atoms with van der Waals surface area (Å²) in [5, 5.41) is 6.95. The van der Waals surface area contributed by atoms with Crippen LogP contribution in [0, 0.1) is 11.8 Å². The van der Waals surface area contributed by atoms with Gasteiger partial charge in [0.1, 0.15) is 18.0 Å². The second kappa shape index (κ2) is 7.62. The summed E-state index contributed by atoms with van der Waals surface area (Å²) in [4.78, 5) is 8.89. The maximum Gasteiger partial charge on any atom is 0.134 e. The van der Waals surface area contributed by atoms with Gasteiger partial charge in [-0.25, -0.2) is 9.97 Å². The summed E-state index contributed by atoms with van der Waals surface area (Å²) in [7, 11) is 1.93. The van der Waals surface area contributed by atoms with Gasteiger partial charge in [-0.3, -0.25) is 0 Å². The van der Waals surface area contributed by atoms with Crippen molar-refractivity contribution in [2.24, 2.45) is 11.8 Å². The zero-order valence-corrected chi connectivity index (χ0v) is 13.9. The average Bonchev–Trinajstić information content (AvgIpc) is 2.49. The number of rotatable bonds is 6. The Kier molecular flexibility index (Phi) is 5.83. The van der Waals surface area contributed by atoms with Gasteiger partial charge in [0.25, 0.3) is 0 Å². The van der Waals surface area contributed by atoms with Crippen LogP contribution in [0.1, 0.15) is 58.4 Å². The molecular weight excluding hydrogens is 260 g/mol. The van der Waals surface area contributed by atoms with E-state index in [0.717, 1.165) is 36.3 Å². The highest BCUT2D eigenvalue weighted by Crippen LogP contribution is 2.33. The molecule has 2 unspecified atom stereocenters. The van der Waals surface area contributed by atoms with Crippen molar-refractivity contribution < 1.29 is 0 Å². The second-order valence-electron chi connectivity index (χ2n) is 6.49. The van der Waals surface area contributed by atoms with Crippen LogP contribution in [0.5, 0.6) is 0 Å². The van der Waals surface area contributed by atoms with Crippen molar-refractivity contribution in [1.29, 1.82) is 0 Å². The summed E-state index contributed by atoms with van der Waals surface area (Å²) in [5.41, 5.74) is 1.23. The molecule has 1 fully saturated rings. The normalized spacial score (nSPS) is 22.3. The van der Waals surface area contributed by atoms with Crippen molar-refractivity contribution in [2.75, 3.05) is 17.7 Å². The topological polar surface area (TPSA) is 49.8 Å². The highest BCUT2D eigenvalue weighted by atomic mass is 15.1. The summed E-state index contributed by atoms with van der Waals surface area (Å²) >= 11 is 0. The van der Waals surface area contributed by atoms with Crippen LogP contribution in [-0.2, 0) is 6.42 Å². The fourth-order valence-corrected chi connectivity index (χ4v) is 3.55.